The van der Waals surface area contributed by atoms with Gasteiger partial charge in [-0.05, 0) is 13.5 Å². The SMILES string of the molecule is C.CCN.Cc1ccccc1.[B]. The topological polar surface area (TPSA) is 26.0 Å². The van der Waals surface area contributed by atoms with Gasteiger partial charge >= 0.3 is 0 Å². The van der Waals surface area contributed by atoms with Crippen LogP contribution in [0.3, 0.4) is 0 Å². The molecule has 0 heterocycles. The summed E-state index contributed by atoms with van der Waals surface area (Å²) in [5.74, 6) is 0. The largest absolute Gasteiger partial charge is 0.331 e. The van der Waals surface area contributed by atoms with Crippen LogP contribution in [0.5, 0.6) is 0 Å². The van der Waals surface area contributed by atoms with Gasteiger partial charge in [-0.1, -0.05) is 50.2 Å². The van der Waals surface area contributed by atoms with Crippen LogP contribution >= 0.6 is 0 Å². The summed E-state index contributed by atoms with van der Waals surface area (Å²) in [4.78, 5) is 0. The van der Waals surface area contributed by atoms with Crippen LogP contribution in [0.25, 0.3) is 0 Å². The molecular formula is C10H19BN. The van der Waals surface area contributed by atoms with Crippen molar-refractivity contribution in [3.8, 4) is 0 Å². The standard InChI is InChI=1S/C7H8.C2H7N.CH4.B/c1-7-5-3-2-4-6-7;1-2-3;;/h2-6H,1H3;2-3H2,1H3;1H4;. The molecule has 0 aromatic heterocycles. The van der Waals surface area contributed by atoms with Crippen LogP contribution < -0.4 is 5.73 Å². The number of nitrogens with two attached hydrogens (primary N) is 1. The van der Waals surface area contributed by atoms with Crippen molar-refractivity contribution in [1.29, 1.82) is 0 Å². The van der Waals surface area contributed by atoms with Crippen LogP contribution in [0.15, 0.2) is 30.3 Å². The summed E-state index contributed by atoms with van der Waals surface area (Å²) in [6, 6.07) is 10.3. The second-order valence-electron chi connectivity index (χ2n) is 2.06. The molecule has 3 radical (unpaired) electrons. The molecule has 0 spiro atoms. The number of hydrogen-bond donors (Lipinski definition) is 1. The molecule has 0 aliphatic carbocycles. The maximum atomic E-state index is 4.85. The molecule has 0 bridgehead atoms. The van der Waals surface area contributed by atoms with E-state index in [9.17, 15) is 0 Å². The summed E-state index contributed by atoms with van der Waals surface area (Å²) in [6.45, 7) is 4.74. The van der Waals surface area contributed by atoms with Crippen LogP contribution in [0, 0.1) is 6.92 Å². The molecule has 0 saturated carbocycles. The van der Waals surface area contributed by atoms with E-state index in [2.05, 4.69) is 19.1 Å². The predicted octanol–water partition coefficient (Wildman–Crippen LogP) is 2.22. The Morgan fingerprint density at radius 2 is 1.50 bits per heavy atom. The minimum Gasteiger partial charge on any atom is -0.331 e. The molecule has 1 aromatic carbocycles. The van der Waals surface area contributed by atoms with E-state index < -0.39 is 0 Å². The van der Waals surface area contributed by atoms with Crippen LogP contribution in [0.2, 0.25) is 0 Å². The van der Waals surface area contributed by atoms with Crippen molar-refractivity contribution < 1.29 is 0 Å². The van der Waals surface area contributed by atoms with Gasteiger partial charge in [-0.25, -0.2) is 0 Å². The lowest BCUT2D eigenvalue weighted by atomic mass is 10.2. The van der Waals surface area contributed by atoms with E-state index in [1.54, 1.807) is 0 Å². The van der Waals surface area contributed by atoms with Gasteiger partial charge in [0.05, 0.1) is 0 Å². The Bertz CT molecular complexity index is 151. The van der Waals surface area contributed by atoms with Gasteiger partial charge in [-0.15, -0.1) is 0 Å². The Morgan fingerprint density at radius 1 is 1.17 bits per heavy atom. The fraction of sp³-hybridized carbons (Fsp3) is 0.400. The molecule has 12 heavy (non-hydrogen) atoms. The minimum atomic E-state index is 0. The number of aryl methyl sites for hydroxylation is 1. The van der Waals surface area contributed by atoms with Crippen molar-refractivity contribution >= 4 is 8.41 Å². The van der Waals surface area contributed by atoms with Crippen molar-refractivity contribution in [2.75, 3.05) is 6.54 Å². The first-order chi connectivity index (χ1) is 4.81. The predicted molar refractivity (Wildman–Crippen MR) is 58.4 cm³/mol. The van der Waals surface area contributed by atoms with Crippen molar-refractivity contribution in [3.63, 3.8) is 0 Å². The summed E-state index contributed by atoms with van der Waals surface area (Å²) < 4.78 is 0. The summed E-state index contributed by atoms with van der Waals surface area (Å²) in [6.07, 6.45) is 0. The number of hydrogen-bond acceptors (Lipinski definition) is 1. The van der Waals surface area contributed by atoms with Crippen LogP contribution in [-0.4, -0.2) is 15.0 Å². The van der Waals surface area contributed by atoms with Crippen molar-refractivity contribution in [3.05, 3.63) is 35.9 Å². The summed E-state index contributed by atoms with van der Waals surface area (Å²) >= 11 is 0. The van der Waals surface area contributed by atoms with E-state index >= 15 is 0 Å². The van der Waals surface area contributed by atoms with Crippen molar-refractivity contribution in [2.45, 2.75) is 21.3 Å². The van der Waals surface area contributed by atoms with E-state index in [4.69, 9.17) is 5.73 Å². The van der Waals surface area contributed by atoms with E-state index in [-0.39, 0.29) is 15.8 Å². The van der Waals surface area contributed by atoms with Gasteiger partial charge in [-0.2, -0.15) is 0 Å². The average Bonchev–Trinajstić information content (AvgIpc) is 1.91. The molecule has 1 rings (SSSR count). The average molecular weight is 164 g/mol. The van der Waals surface area contributed by atoms with Crippen LogP contribution in [0.1, 0.15) is 19.9 Å². The maximum Gasteiger partial charge on any atom is 0 e. The number of rotatable bonds is 0. The van der Waals surface area contributed by atoms with Crippen molar-refractivity contribution in [1.82, 2.24) is 0 Å². The van der Waals surface area contributed by atoms with Gasteiger partial charge in [0.2, 0.25) is 0 Å². The van der Waals surface area contributed by atoms with Gasteiger partial charge in [-0.3, -0.25) is 0 Å². The zero-order valence-electron chi connectivity index (χ0n) is 7.25. The smallest absolute Gasteiger partial charge is 0 e. The molecule has 2 N–H and O–H groups in total. The molecular weight excluding hydrogens is 145 g/mol. The first-order valence-electron chi connectivity index (χ1n) is 3.53. The molecule has 1 aromatic rings. The third-order valence-corrected chi connectivity index (χ3v) is 0.940. The molecule has 0 unspecified atom stereocenters. The van der Waals surface area contributed by atoms with Gasteiger partial charge < -0.3 is 5.73 Å². The quantitative estimate of drug-likeness (QED) is 0.584. The molecule has 0 aliphatic heterocycles. The van der Waals surface area contributed by atoms with Crippen molar-refractivity contribution in [2.24, 2.45) is 5.73 Å². The molecule has 0 fully saturated rings. The van der Waals surface area contributed by atoms with Gasteiger partial charge in [0, 0.05) is 8.41 Å². The highest BCUT2D eigenvalue weighted by Gasteiger charge is 1.72. The molecule has 1 nitrogen and oxygen atoms in total. The minimum absolute atomic E-state index is 0. The van der Waals surface area contributed by atoms with E-state index in [0.29, 0.717) is 0 Å². The van der Waals surface area contributed by atoms with E-state index in [0.717, 1.165) is 6.54 Å². The zero-order valence-corrected chi connectivity index (χ0v) is 7.25. The summed E-state index contributed by atoms with van der Waals surface area (Å²) in [5.41, 5.74) is 6.17. The monoisotopic (exact) mass is 164 g/mol. The van der Waals surface area contributed by atoms with Gasteiger partial charge in [0.25, 0.3) is 0 Å². The fourth-order valence-corrected chi connectivity index (χ4v) is 0.534. The first-order valence-corrected chi connectivity index (χ1v) is 3.53. The summed E-state index contributed by atoms with van der Waals surface area (Å²) in [7, 11) is 0. The lowest BCUT2D eigenvalue weighted by Crippen LogP contribution is -1.87. The molecule has 0 atom stereocenters. The second kappa shape index (κ2) is 12.9. The van der Waals surface area contributed by atoms with Crippen LogP contribution in [0.4, 0.5) is 0 Å². The normalized spacial score (nSPS) is 6.58. The Kier molecular flexibility index (Phi) is 18.6. The molecule has 0 saturated heterocycles. The van der Waals surface area contributed by atoms with Gasteiger partial charge in [0.1, 0.15) is 0 Å². The maximum absolute atomic E-state index is 4.85. The molecule has 0 amide bonds. The zero-order chi connectivity index (χ0) is 7.82. The fourth-order valence-electron chi connectivity index (χ4n) is 0.534. The first kappa shape index (κ1) is 17.4. The molecule has 0 aliphatic rings. The Balaban J connectivity index is -0.000000146. The Hall–Kier alpha value is -0.755. The Labute approximate surface area is 78.6 Å². The second-order valence-corrected chi connectivity index (χ2v) is 2.06. The lowest BCUT2D eigenvalue weighted by Gasteiger charge is -1.82. The molecule has 67 valence electrons. The van der Waals surface area contributed by atoms with Gasteiger partial charge in [0.15, 0.2) is 0 Å². The third kappa shape index (κ3) is 12.0. The van der Waals surface area contributed by atoms with Crippen LogP contribution in [-0.2, 0) is 0 Å². The Morgan fingerprint density at radius 3 is 1.67 bits per heavy atom. The van der Waals surface area contributed by atoms with E-state index in [1.165, 1.54) is 5.56 Å². The highest BCUT2D eigenvalue weighted by atomic mass is 14.5. The highest BCUT2D eigenvalue weighted by Crippen LogP contribution is 1.92. The molecule has 2 heteroatoms. The summed E-state index contributed by atoms with van der Waals surface area (Å²) in [5, 5.41) is 0. The highest BCUT2D eigenvalue weighted by molar-refractivity contribution is 5.75. The third-order valence-electron chi connectivity index (χ3n) is 0.940. The number of benzene rings is 1. The van der Waals surface area contributed by atoms with E-state index in [1.807, 2.05) is 25.1 Å². The lowest BCUT2D eigenvalue weighted by molar-refractivity contribution is 1.14.